The Kier molecular flexibility index (Phi) is 10.3. The van der Waals surface area contributed by atoms with Crippen LogP contribution in [0, 0.1) is 11.3 Å². The molecule has 2 aromatic rings. The maximum atomic E-state index is 13.7. The molecule has 0 aliphatic heterocycles. The number of likely N-dealkylation sites (N-methyl/N-ethyl adjacent to an activating group) is 1. The first-order valence-corrected chi connectivity index (χ1v) is 14.0. The molecule has 2 aromatic heterocycles. The van der Waals surface area contributed by atoms with Gasteiger partial charge < -0.3 is 19.9 Å². The van der Waals surface area contributed by atoms with Crippen molar-refractivity contribution in [2.75, 3.05) is 20.6 Å². The van der Waals surface area contributed by atoms with E-state index < -0.39 is 18.1 Å². The molecule has 0 radical (unpaired) electrons. The van der Waals surface area contributed by atoms with Crippen LogP contribution >= 0.6 is 0 Å². The Labute approximate surface area is 237 Å². The highest BCUT2D eigenvalue weighted by Gasteiger charge is 2.30. The van der Waals surface area contributed by atoms with Crippen LogP contribution < -0.4 is 10.9 Å². The second kappa shape index (κ2) is 13.2. The van der Waals surface area contributed by atoms with Gasteiger partial charge in [0.05, 0.1) is 12.5 Å². The number of rotatable bonds is 12. The Balaban J connectivity index is 1.95. The molecule has 1 aliphatic carbocycles. The van der Waals surface area contributed by atoms with Crippen molar-refractivity contribution in [2.45, 2.75) is 72.4 Å². The number of pyridine rings is 2. The third-order valence-corrected chi connectivity index (χ3v) is 7.41. The minimum absolute atomic E-state index is 0.104. The Morgan fingerprint density at radius 3 is 2.52 bits per heavy atom. The maximum absolute atomic E-state index is 13.7. The molecule has 216 valence electrons. The van der Waals surface area contributed by atoms with Crippen LogP contribution in [-0.2, 0) is 16.0 Å². The number of carbonyl (C=O) groups excluding carboxylic acids is 1. The summed E-state index contributed by atoms with van der Waals surface area (Å²) in [7, 11) is 3.96. The molecular formula is C32H44N4O4. The van der Waals surface area contributed by atoms with Crippen molar-refractivity contribution in [3.8, 4) is 0 Å². The van der Waals surface area contributed by atoms with Crippen LogP contribution in [0.1, 0.15) is 82.7 Å². The third-order valence-electron chi connectivity index (χ3n) is 7.41. The second-order valence-electron chi connectivity index (χ2n) is 12.2. The SMILES string of the molecule is CC1=C(c2cncc([C@H](CC(=O)O)NC(=O)[C@@H](CC(C)C)n3ccc(CCN(C)C)cc3=O)c2)C(C)(C)CC=C1. The number of nitrogens with one attached hydrogen (secondary N) is 1. The number of aliphatic carboxylic acids is 1. The molecule has 0 spiro atoms. The maximum Gasteiger partial charge on any atom is 0.305 e. The van der Waals surface area contributed by atoms with Gasteiger partial charge in [0.15, 0.2) is 0 Å². The average molecular weight is 549 g/mol. The zero-order chi connectivity index (χ0) is 29.6. The van der Waals surface area contributed by atoms with E-state index in [1.165, 1.54) is 4.57 Å². The predicted molar refractivity (Wildman–Crippen MR) is 159 cm³/mol. The molecule has 0 fully saturated rings. The van der Waals surface area contributed by atoms with Crippen LogP contribution in [0.15, 0.2) is 59.3 Å². The quantitative estimate of drug-likeness (QED) is 0.386. The van der Waals surface area contributed by atoms with Crippen LogP contribution in [-0.4, -0.2) is 52.1 Å². The Morgan fingerprint density at radius 1 is 1.20 bits per heavy atom. The summed E-state index contributed by atoms with van der Waals surface area (Å²) in [6.07, 6.45) is 11.1. The normalized spacial score (nSPS) is 16.3. The molecule has 0 bridgehead atoms. The largest absolute Gasteiger partial charge is 0.481 e. The lowest BCUT2D eigenvalue weighted by atomic mass is 9.73. The van der Waals surface area contributed by atoms with Crippen molar-refractivity contribution in [1.82, 2.24) is 19.8 Å². The van der Waals surface area contributed by atoms with E-state index >= 15 is 0 Å². The van der Waals surface area contributed by atoms with Crippen LogP contribution in [0.2, 0.25) is 0 Å². The summed E-state index contributed by atoms with van der Waals surface area (Å²) >= 11 is 0. The van der Waals surface area contributed by atoms with Crippen molar-refractivity contribution in [1.29, 1.82) is 0 Å². The van der Waals surface area contributed by atoms with Gasteiger partial charge in [-0.15, -0.1) is 0 Å². The topological polar surface area (TPSA) is 105 Å². The number of allylic oxidation sites excluding steroid dienone is 4. The van der Waals surface area contributed by atoms with E-state index in [1.807, 2.05) is 40.1 Å². The molecule has 8 nitrogen and oxygen atoms in total. The smallest absolute Gasteiger partial charge is 0.305 e. The standard InChI is InChI=1S/C32H44N4O4/c1-21(2)15-27(36-14-11-23(16-28(36)37)10-13-35(6)7)31(40)34-26(18-29(38)39)24-17-25(20-33-19-24)30-22(3)9-8-12-32(30,4)5/h8-9,11,14,16-17,19-21,26-27H,10,12-13,15,18H2,1-7H3,(H,34,40)(H,38,39)/t26-,27+/m0/s1. The van der Waals surface area contributed by atoms with Crippen LogP contribution in [0.3, 0.4) is 0 Å². The highest BCUT2D eigenvalue weighted by molar-refractivity contribution is 5.82. The van der Waals surface area contributed by atoms with Crippen LogP contribution in [0.4, 0.5) is 0 Å². The summed E-state index contributed by atoms with van der Waals surface area (Å²) in [6, 6.07) is 3.83. The predicted octanol–water partition coefficient (Wildman–Crippen LogP) is 5.03. The number of carbonyl (C=O) groups is 2. The molecule has 0 saturated heterocycles. The molecule has 3 rings (SSSR count). The first kappa shape index (κ1) is 31.0. The van der Waals surface area contributed by atoms with Gasteiger partial charge in [-0.25, -0.2) is 0 Å². The lowest BCUT2D eigenvalue weighted by Gasteiger charge is -2.32. The molecule has 40 heavy (non-hydrogen) atoms. The van der Waals surface area contributed by atoms with Gasteiger partial charge in [0.25, 0.3) is 5.56 Å². The van der Waals surface area contributed by atoms with E-state index in [4.69, 9.17) is 0 Å². The highest BCUT2D eigenvalue weighted by atomic mass is 16.4. The Bertz CT molecular complexity index is 1340. The summed E-state index contributed by atoms with van der Waals surface area (Å²) in [5.41, 5.74) is 4.39. The zero-order valence-corrected chi connectivity index (χ0v) is 24.9. The number of amides is 1. The van der Waals surface area contributed by atoms with Gasteiger partial charge in [0, 0.05) is 31.2 Å². The van der Waals surface area contributed by atoms with Gasteiger partial charge in [-0.3, -0.25) is 19.4 Å². The van der Waals surface area contributed by atoms with E-state index in [9.17, 15) is 19.5 Å². The van der Waals surface area contributed by atoms with Gasteiger partial charge in [0.2, 0.25) is 5.91 Å². The third kappa shape index (κ3) is 8.01. The number of hydrogen-bond donors (Lipinski definition) is 2. The van der Waals surface area contributed by atoms with Crippen LogP contribution in [0.5, 0.6) is 0 Å². The molecule has 0 unspecified atom stereocenters. The first-order chi connectivity index (χ1) is 18.8. The van der Waals surface area contributed by atoms with Crippen molar-refractivity contribution in [2.24, 2.45) is 11.3 Å². The molecule has 2 N–H and O–H groups in total. The molecule has 1 aliphatic rings. The Hall–Kier alpha value is -3.52. The van der Waals surface area contributed by atoms with E-state index in [1.54, 1.807) is 24.7 Å². The van der Waals surface area contributed by atoms with Gasteiger partial charge in [0.1, 0.15) is 6.04 Å². The lowest BCUT2D eigenvalue weighted by Crippen LogP contribution is -2.40. The zero-order valence-electron chi connectivity index (χ0n) is 24.9. The Morgan fingerprint density at radius 2 is 1.93 bits per heavy atom. The van der Waals surface area contributed by atoms with E-state index in [0.29, 0.717) is 12.0 Å². The van der Waals surface area contributed by atoms with Crippen LogP contribution in [0.25, 0.3) is 5.57 Å². The minimum atomic E-state index is -1.03. The number of nitrogens with zero attached hydrogens (tertiary/aromatic N) is 3. The van der Waals surface area contributed by atoms with Gasteiger partial charge >= 0.3 is 5.97 Å². The first-order valence-electron chi connectivity index (χ1n) is 14.0. The highest BCUT2D eigenvalue weighted by Crippen LogP contribution is 2.43. The molecule has 0 aromatic carbocycles. The fraction of sp³-hybridized carbons (Fsp3) is 0.500. The molecule has 8 heteroatoms. The number of carboxylic acids is 1. The van der Waals surface area contributed by atoms with Crippen molar-refractivity contribution in [3.63, 3.8) is 0 Å². The fourth-order valence-electron chi connectivity index (χ4n) is 5.44. The van der Waals surface area contributed by atoms with E-state index in [-0.39, 0.29) is 29.2 Å². The summed E-state index contributed by atoms with van der Waals surface area (Å²) < 4.78 is 1.46. The molecule has 2 heterocycles. The number of hydrogen-bond acceptors (Lipinski definition) is 5. The monoisotopic (exact) mass is 548 g/mol. The van der Waals surface area contributed by atoms with E-state index in [0.717, 1.165) is 41.7 Å². The molecule has 0 saturated carbocycles. The second-order valence-corrected chi connectivity index (χ2v) is 12.2. The summed E-state index contributed by atoms with van der Waals surface area (Å²) in [5, 5.41) is 12.7. The van der Waals surface area contributed by atoms with Gasteiger partial charge in [-0.05, 0) is 91.6 Å². The van der Waals surface area contributed by atoms with Crippen molar-refractivity contribution < 1.29 is 14.7 Å². The number of aromatic nitrogens is 2. The lowest BCUT2D eigenvalue weighted by molar-refractivity contribution is -0.138. The summed E-state index contributed by atoms with van der Waals surface area (Å²) in [5.74, 6) is -1.28. The fourth-order valence-corrected chi connectivity index (χ4v) is 5.44. The average Bonchev–Trinajstić information content (AvgIpc) is 2.85. The molecule has 1 amide bonds. The number of carboxylic acid groups (broad SMARTS) is 1. The molecule has 2 atom stereocenters. The summed E-state index contributed by atoms with van der Waals surface area (Å²) in [4.78, 5) is 45.2. The van der Waals surface area contributed by atoms with Crippen molar-refractivity contribution in [3.05, 3.63) is 81.6 Å². The van der Waals surface area contributed by atoms with Gasteiger partial charge in [-0.2, -0.15) is 0 Å². The van der Waals surface area contributed by atoms with E-state index in [2.05, 4.69) is 48.1 Å². The minimum Gasteiger partial charge on any atom is -0.481 e. The van der Waals surface area contributed by atoms with Crippen molar-refractivity contribution >= 4 is 17.4 Å². The molecular weight excluding hydrogens is 504 g/mol. The van der Waals surface area contributed by atoms with Gasteiger partial charge in [-0.1, -0.05) is 39.8 Å². The summed E-state index contributed by atoms with van der Waals surface area (Å²) in [6.45, 7) is 11.2.